The van der Waals surface area contributed by atoms with Crippen molar-refractivity contribution in [1.82, 2.24) is 0 Å². The fraction of sp³-hybridized carbons (Fsp3) is 0.167. The van der Waals surface area contributed by atoms with Crippen molar-refractivity contribution in [2.45, 2.75) is 24.4 Å². The van der Waals surface area contributed by atoms with E-state index in [1.54, 1.807) is 0 Å². The molecule has 2 heteroatoms. The molecule has 0 bridgehead atoms. The Kier molecular flexibility index (Phi) is 4.39. The van der Waals surface area contributed by atoms with Crippen LogP contribution in [0.5, 0.6) is 0 Å². The van der Waals surface area contributed by atoms with Gasteiger partial charge in [-0.15, -0.1) is 0 Å². The van der Waals surface area contributed by atoms with Gasteiger partial charge in [0.05, 0.1) is 0 Å². The molecular formula is C24H24OSi. The first-order chi connectivity index (χ1) is 12.6. The second kappa shape index (κ2) is 6.71. The molecule has 0 N–H and O–H groups in total. The lowest BCUT2D eigenvalue weighted by atomic mass is 10.1. The third-order valence-electron chi connectivity index (χ3n) is 5.57. The maximum Gasteiger partial charge on any atom is 0.127 e. The summed E-state index contributed by atoms with van der Waals surface area (Å²) in [6.07, 6.45) is 4.55. The van der Waals surface area contributed by atoms with Crippen molar-refractivity contribution in [2.75, 3.05) is 0 Å². The van der Waals surface area contributed by atoms with E-state index in [0.717, 1.165) is 0 Å². The molecule has 4 rings (SSSR count). The fourth-order valence-corrected chi connectivity index (χ4v) is 7.24. The minimum atomic E-state index is -2.02. The maximum absolute atomic E-state index is 6.89. The van der Waals surface area contributed by atoms with E-state index in [1.165, 1.54) is 16.3 Å². The van der Waals surface area contributed by atoms with Crippen LogP contribution in [0, 0.1) is 0 Å². The van der Waals surface area contributed by atoms with Crippen LogP contribution >= 0.6 is 0 Å². The van der Waals surface area contributed by atoms with E-state index in [1.807, 2.05) is 0 Å². The van der Waals surface area contributed by atoms with Crippen molar-refractivity contribution in [2.24, 2.45) is 0 Å². The first kappa shape index (κ1) is 17.0. The third kappa shape index (κ3) is 2.76. The summed E-state index contributed by atoms with van der Waals surface area (Å²) >= 11 is 0. The van der Waals surface area contributed by atoms with E-state index >= 15 is 0 Å². The zero-order valence-electron chi connectivity index (χ0n) is 15.3. The fourth-order valence-electron chi connectivity index (χ4n) is 3.96. The summed E-state index contributed by atoms with van der Waals surface area (Å²) in [5, 5.41) is 1.03. The molecule has 0 saturated carbocycles. The van der Waals surface area contributed by atoms with Gasteiger partial charge in [0.25, 0.3) is 0 Å². The Hall–Kier alpha value is -2.42. The SMILES string of the molecule is C[Si](C)(c1ccccc1)C1(c2ccccc2)C=CC(c2ccccc2)O1. The normalized spacial score (nSPS) is 22.5. The van der Waals surface area contributed by atoms with E-state index in [2.05, 4.69) is 116 Å². The van der Waals surface area contributed by atoms with E-state index in [0.29, 0.717) is 0 Å². The van der Waals surface area contributed by atoms with Crippen molar-refractivity contribution < 1.29 is 4.74 Å². The largest absolute Gasteiger partial charge is 0.357 e. The highest BCUT2D eigenvalue weighted by atomic mass is 28.3. The molecule has 0 aliphatic carbocycles. The van der Waals surface area contributed by atoms with Gasteiger partial charge < -0.3 is 4.74 Å². The summed E-state index contributed by atoms with van der Waals surface area (Å²) in [5.41, 5.74) is 2.45. The topological polar surface area (TPSA) is 9.23 Å². The Balaban J connectivity index is 1.82. The predicted molar refractivity (Wildman–Crippen MR) is 111 cm³/mol. The molecule has 0 saturated heterocycles. The first-order valence-electron chi connectivity index (χ1n) is 9.17. The van der Waals surface area contributed by atoms with Gasteiger partial charge in [0.15, 0.2) is 0 Å². The van der Waals surface area contributed by atoms with Crippen LogP contribution < -0.4 is 5.19 Å². The lowest BCUT2D eigenvalue weighted by Gasteiger charge is -2.42. The van der Waals surface area contributed by atoms with Gasteiger partial charge in [-0.1, -0.05) is 121 Å². The first-order valence-corrected chi connectivity index (χ1v) is 12.2. The molecule has 0 fully saturated rings. The molecule has 1 nitrogen and oxygen atoms in total. The minimum Gasteiger partial charge on any atom is -0.357 e. The molecule has 130 valence electrons. The number of hydrogen-bond donors (Lipinski definition) is 0. The van der Waals surface area contributed by atoms with Gasteiger partial charge >= 0.3 is 0 Å². The van der Waals surface area contributed by atoms with Gasteiger partial charge in [0.2, 0.25) is 0 Å². The van der Waals surface area contributed by atoms with Gasteiger partial charge in [-0.2, -0.15) is 0 Å². The van der Waals surface area contributed by atoms with Crippen LogP contribution in [0.4, 0.5) is 0 Å². The number of benzene rings is 3. The molecular weight excluding hydrogens is 332 g/mol. The van der Waals surface area contributed by atoms with Crippen molar-refractivity contribution in [3.8, 4) is 0 Å². The van der Waals surface area contributed by atoms with E-state index in [9.17, 15) is 0 Å². The van der Waals surface area contributed by atoms with Crippen LogP contribution in [0.3, 0.4) is 0 Å². The highest BCUT2D eigenvalue weighted by Gasteiger charge is 2.52. The average Bonchev–Trinajstić information content (AvgIpc) is 3.17. The third-order valence-corrected chi connectivity index (χ3v) is 9.78. The lowest BCUT2D eigenvalue weighted by molar-refractivity contribution is 0.0219. The Morgan fingerprint density at radius 1 is 0.731 bits per heavy atom. The quantitative estimate of drug-likeness (QED) is 0.451. The maximum atomic E-state index is 6.89. The average molecular weight is 357 g/mol. The van der Waals surface area contributed by atoms with Crippen LogP contribution in [0.2, 0.25) is 13.1 Å². The molecule has 26 heavy (non-hydrogen) atoms. The Labute approximate surface area is 157 Å². The molecule has 1 heterocycles. The van der Waals surface area contributed by atoms with Gasteiger partial charge in [-0.05, 0) is 11.1 Å². The lowest BCUT2D eigenvalue weighted by Crippen LogP contribution is -2.59. The Morgan fingerprint density at radius 3 is 1.88 bits per heavy atom. The van der Waals surface area contributed by atoms with Gasteiger partial charge in [0.1, 0.15) is 19.4 Å². The summed E-state index contributed by atoms with van der Waals surface area (Å²) in [6, 6.07) is 32.1. The van der Waals surface area contributed by atoms with E-state index in [-0.39, 0.29) is 11.3 Å². The number of hydrogen-bond acceptors (Lipinski definition) is 1. The van der Waals surface area contributed by atoms with Crippen LogP contribution in [0.1, 0.15) is 17.2 Å². The highest BCUT2D eigenvalue weighted by molar-refractivity contribution is 6.92. The predicted octanol–water partition coefficient (Wildman–Crippen LogP) is 5.36. The van der Waals surface area contributed by atoms with Crippen LogP contribution in [-0.4, -0.2) is 8.07 Å². The van der Waals surface area contributed by atoms with Gasteiger partial charge in [0, 0.05) is 0 Å². The zero-order valence-corrected chi connectivity index (χ0v) is 16.3. The standard InChI is InChI=1S/C24H24OSi/c1-26(2,22-16-10-5-11-17-22)24(21-14-8-4-9-15-21)19-18-23(25-24)20-12-6-3-7-13-20/h3-19,23H,1-2H3. The molecule has 2 unspecified atom stereocenters. The Morgan fingerprint density at radius 2 is 1.27 bits per heavy atom. The monoisotopic (exact) mass is 356 g/mol. The summed E-state index contributed by atoms with van der Waals surface area (Å²) in [4.78, 5) is 0. The highest BCUT2D eigenvalue weighted by Crippen LogP contribution is 2.46. The van der Waals surface area contributed by atoms with Crippen LogP contribution in [0.25, 0.3) is 0 Å². The molecule has 3 aromatic rings. The van der Waals surface area contributed by atoms with Crippen molar-refractivity contribution >= 4 is 13.3 Å². The molecule has 3 aromatic carbocycles. The summed E-state index contributed by atoms with van der Waals surface area (Å²) in [5.74, 6) is 0. The van der Waals surface area contributed by atoms with Crippen molar-refractivity contribution in [3.63, 3.8) is 0 Å². The molecule has 1 aliphatic rings. The van der Waals surface area contributed by atoms with E-state index < -0.39 is 8.07 Å². The second-order valence-electron chi connectivity index (χ2n) is 7.40. The second-order valence-corrected chi connectivity index (χ2v) is 12.0. The molecule has 0 spiro atoms. The minimum absolute atomic E-state index is 0.00751. The molecule has 0 radical (unpaired) electrons. The summed E-state index contributed by atoms with van der Waals surface area (Å²) in [7, 11) is -2.02. The van der Waals surface area contributed by atoms with Crippen molar-refractivity contribution in [1.29, 1.82) is 0 Å². The molecule has 0 aromatic heterocycles. The van der Waals surface area contributed by atoms with E-state index in [4.69, 9.17) is 4.74 Å². The van der Waals surface area contributed by atoms with Gasteiger partial charge in [-0.25, -0.2) is 0 Å². The van der Waals surface area contributed by atoms with Crippen LogP contribution in [0.15, 0.2) is 103 Å². The Bertz CT molecular complexity index is 887. The number of rotatable bonds is 4. The molecule has 2 atom stereocenters. The number of ether oxygens (including phenoxy) is 1. The molecule has 0 amide bonds. The molecule has 1 aliphatic heterocycles. The summed E-state index contributed by atoms with van der Waals surface area (Å²) < 4.78 is 6.89. The summed E-state index contributed by atoms with van der Waals surface area (Å²) in [6.45, 7) is 4.82. The van der Waals surface area contributed by atoms with Gasteiger partial charge in [-0.3, -0.25) is 0 Å². The smallest absolute Gasteiger partial charge is 0.127 e. The zero-order chi connectivity index (χ0) is 18.0. The van der Waals surface area contributed by atoms with Crippen molar-refractivity contribution in [3.05, 3.63) is 114 Å². The van der Waals surface area contributed by atoms with Crippen LogP contribution in [-0.2, 0) is 9.96 Å².